The van der Waals surface area contributed by atoms with Gasteiger partial charge in [-0.05, 0) is 30.3 Å². The van der Waals surface area contributed by atoms with Crippen LogP contribution >= 0.6 is 0 Å². The summed E-state index contributed by atoms with van der Waals surface area (Å²) in [6.07, 6.45) is 3.00. The van der Waals surface area contributed by atoms with E-state index in [1.807, 2.05) is 59.4 Å². The van der Waals surface area contributed by atoms with E-state index < -0.39 is 6.10 Å². The molecule has 2 atom stereocenters. The van der Waals surface area contributed by atoms with Gasteiger partial charge in [-0.2, -0.15) is 0 Å². The van der Waals surface area contributed by atoms with Crippen LogP contribution in [-0.4, -0.2) is 58.4 Å². The summed E-state index contributed by atoms with van der Waals surface area (Å²) >= 11 is 0. The predicted octanol–water partition coefficient (Wildman–Crippen LogP) is 1.44. The molecule has 0 bridgehead atoms. The number of ether oxygens (including phenoxy) is 3. The van der Waals surface area contributed by atoms with E-state index in [1.54, 1.807) is 6.07 Å². The molecule has 1 aromatic carbocycles. The molecule has 0 aliphatic carbocycles. The Labute approximate surface area is 162 Å². The molecule has 2 unspecified atom stereocenters. The molecule has 3 heterocycles. The fraction of sp³-hybridized carbons (Fsp3) is 0.300. The molecule has 8 nitrogen and oxygen atoms in total. The number of rotatable bonds is 8. The monoisotopic (exact) mass is 382 g/mol. The van der Waals surface area contributed by atoms with Gasteiger partial charge in [0.1, 0.15) is 25.4 Å². The van der Waals surface area contributed by atoms with Crippen LogP contribution in [0.25, 0.3) is 5.82 Å². The molecule has 0 fully saturated rings. The third kappa shape index (κ3) is 4.59. The van der Waals surface area contributed by atoms with Crippen molar-refractivity contribution in [2.24, 2.45) is 0 Å². The van der Waals surface area contributed by atoms with E-state index in [1.165, 1.54) is 0 Å². The smallest absolute Gasteiger partial charge is 0.233 e. The Balaban J connectivity index is 1.17. The largest absolute Gasteiger partial charge is 0.486 e. The molecule has 3 aromatic rings. The van der Waals surface area contributed by atoms with Crippen molar-refractivity contribution in [2.75, 3.05) is 26.3 Å². The zero-order chi connectivity index (χ0) is 19.2. The van der Waals surface area contributed by atoms with Gasteiger partial charge in [0.15, 0.2) is 17.3 Å². The molecule has 0 amide bonds. The highest BCUT2D eigenvalue weighted by molar-refractivity contribution is 5.40. The Morgan fingerprint density at radius 3 is 2.71 bits per heavy atom. The summed E-state index contributed by atoms with van der Waals surface area (Å²) < 4.78 is 18.9. The van der Waals surface area contributed by atoms with Gasteiger partial charge in [-0.15, -0.1) is 10.2 Å². The first-order valence-electron chi connectivity index (χ1n) is 9.15. The summed E-state index contributed by atoms with van der Waals surface area (Å²) in [5, 5.41) is 21.4. The number of hydrogen-bond acceptors (Lipinski definition) is 7. The molecule has 2 N–H and O–H groups in total. The van der Waals surface area contributed by atoms with Crippen molar-refractivity contribution in [3.8, 4) is 23.2 Å². The van der Waals surface area contributed by atoms with Gasteiger partial charge in [0.05, 0.1) is 0 Å². The molecule has 0 radical (unpaired) electrons. The molecule has 0 saturated heterocycles. The number of aliphatic hydroxyl groups is 1. The van der Waals surface area contributed by atoms with Gasteiger partial charge in [0.25, 0.3) is 0 Å². The normalized spacial score (nSPS) is 16.5. The van der Waals surface area contributed by atoms with Crippen LogP contribution < -0.4 is 19.5 Å². The molecule has 1 aliphatic rings. The van der Waals surface area contributed by atoms with Crippen LogP contribution in [0.3, 0.4) is 0 Å². The molecular formula is C20H22N4O4. The highest BCUT2D eigenvalue weighted by Gasteiger charge is 2.20. The fourth-order valence-corrected chi connectivity index (χ4v) is 2.83. The lowest BCUT2D eigenvalue weighted by molar-refractivity contribution is 0.0770. The van der Waals surface area contributed by atoms with E-state index in [0.29, 0.717) is 31.4 Å². The van der Waals surface area contributed by atoms with Crippen LogP contribution in [0.2, 0.25) is 0 Å². The van der Waals surface area contributed by atoms with Crippen molar-refractivity contribution in [1.29, 1.82) is 0 Å². The molecule has 4 rings (SSSR count). The molecule has 2 aromatic heterocycles. The summed E-state index contributed by atoms with van der Waals surface area (Å²) in [6.45, 7) is 1.53. The first kappa shape index (κ1) is 18.3. The quantitative estimate of drug-likeness (QED) is 0.609. The Bertz CT molecular complexity index is 870. The average molecular weight is 382 g/mol. The minimum Gasteiger partial charge on any atom is -0.486 e. The summed E-state index contributed by atoms with van der Waals surface area (Å²) in [4.78, 5) is 0. The van der Waals surface area contributed by atoms with E-state index in [2.05, 4.69) is 15.5 Å². The Morgan fingerprint density at radius 2 is 1.93 bits per heavy atom. The molecule has 8 heteroatoms. The Hall–Kier alpha value is -3.10. The average Bonchev–Trinajstić information content (AvgIpc) is 3.27. The van der Waals surface area contributed by atoms with Gasteiger partial charge in [-0.3, -0.25) is 0 Å². The standard InChI is InChI=1S/C20H22N4O4/c25-15(11-21-12-16-14-26-17-5-1-2-6-18(17)28-16)13-27-20-8-7-19(22-23-20)24-9-3-4-10-24/h1-10,15-16,21,25H,11-14H2. The van der Waals surface area contributed by atoms with Crippen LogP contribution in [0.4, 0.5) is 0 Å². The highest BCUT2D eigenvalue weighted by atomic mass is 16.6. The fourth-order valence-electron chi connectivity index (χ4n) is 2.83. The minimum atomic E-state index is -0.678. The third-order valence-electron chi connectivity index (χ3n) is 4.24. The second-order valence-corrected chi connectivity index (χ2v) is 6.44. The van der Waals surface area contributed by atoms with E-state index in [4.69, 9.17) is 14.2 Å². The zero-order valence-corrected chi connectivity index (χ0v) is 15.3. The number of nitrogens with one attached hydrogen (secondary N) is 1. The number of benzene rings is 1. The van der Waals surface area contributed by atoms with Crippen LogP contribution in [-0.2, 0) is 0 Å². The van der Waals surface area contributed by atoms with Crippen LogP contribution in [0.1, 0.15) is 0 Å². The predicted molar refractivity (Wildman–Crippen MR) is 102 cm³/mol. The van der Waals surface area contributed by atoms with Gasteiger partial charge >= 0.3 is 0 Å². The van der Waals surface area contributed by atoms with Gasteiger partial charge in [0.2, 0.25) is 5.88 Å². The number of nitrogens with zero attached hydrogens (tertiary/aromatic N) is 3. The van der Waals surface area contributed by atoms with Crippen LogP contribution in [0.15, 0.2) is 60.9 Å². The maximum absolute atomic E-state index is 10.1. The Kier molecular flexibility index (Phi) is 5.69. The lowest BCUT2D eigenvalue weighted by atomic mass is 10.2. The number of aliphatic hydroxyl groups excluding tert-OH is 1. The van der Waals surface area contributed by atoms with E-state index >= 15 is 0 Å². The first-order chi connectivity index (χ1) is 13.8. The second kappa shape index (κ2) is 8.73. The molecule has 1 aliphatic heterocycles. The second-order valence-electron chi connectivity index (χ2n) is 6.44. The van der Waals surface area contributed by atoms with Crippen molar-refractivity contribution < 1.29 is 19.3 Å². The van der Waals surface area contributed by atoms with Crippen LogP contribution in [0, 0.1) is 0 Å². The molecule has 0 spiro atoms. The van der Waals surface area contributed by atoms with Crippen molar-refractivity contribution in [2.45, 2.75) is 12.2 Å². The SMILES string of the molecule is OC(CNCC1COc2ccccc2O1)COc1ccc(-n2cccc2)nn1. The Morgan fingerprint density at radius 1 is 1.11 bits per heavy atom. The summed E-state index contributed by atoms with van der Waals surface area (Å²) in [5.74, 6) is 2.58. The summed E-state index contributed by atoms with van der Waals surface area (Å²) in [7, 11) is 0. The number of fused-ring (bicyclic) bond motifs is 1. The van der Waals surface area contributed by atoms with E-state index in [-0.39, 0.29) is 12.7 Å². The minimum absolute atomic E-state index is 0.102. The number of para-hydroxylation sites is 2. The van der Waals surface area contributed by atoms with Gasteiger partial charge in [-0.1, -0.05) is 12.1 Å². The molecule has 0 saturated carbocycles. The zero-order valence-electron chi connectivity index (χ0n) is 15.3. The van der Waals surface area contributed by atoms with E-state index in [0.717, 1.165) is 11.5 Å². The first-order valence-corrected chi connectivity index (χ1v) is 9.15. The van der Waals surface area contributed by atoms with Crippen molar-refractivity contribution in [3.05, 3.63) is 60.9 Å². The third-order valence-corrected chi connectivity index (χ3v) is 4.24. The summed E-state index contributed by atoms with van der Waals surface area (Å²) in [6, 6.07) is 15.0. The summed E-state index contributed by atoms with van der Waals surface area (Å²) in [5.41, 5.74) is 0. The molecule has 28 heavy (non-hydrogen) atoms. The van der Waals surface area contributed by atoms with Crippen LogP contribution in [0.5, 0.6) is 17.4 Å². The lowest BCUT2D eigenvalue weighted by Gasteiger charge is -2.26. The number of hydrogen-bond donors (Lipinski definition) is 2. The van der Waals surface area contributed by atoms with Crippen molar-refractivity contribution >= 4 is 0 Å². The topological polar surface area (TPSA) is 90.7 Å². The van der Waals surface area contributed by atoms with Crippen molar-refractivity contribution in [3.63, 3.8) is 0 Å². The van der Waals surface area contributed by atoms with Crippen molar-refractivity contribution in [1.82, 2.24) is 20.1 Å². The maximum Gasteiger partial charge on any atom is 0.233 e. The highest BCUT2D eigenvalue weighted by Crippen LogP contribution is 2.30. The van der Waals surface area contributed by atoms with E-state index in [9.17, 15) is 5.11 Å². The molecular weight excluding hydrogens is 360 g/mol. The maximum atomic E-state index is 10.1. The number of aromatic nitrogens is 3. The molecule has 146 valence electrons. The van der Waals surface area contributed by atoms with Gasteiger partial charge in [-0.25, -0.2) is 0 Å². The van der Waals surface area contributed by atoms with Gasteiger partial charge < -0.3 is 29.2 Å². The van der Waals surface area contributed by atoms with Gasteiger partial charge in [0, 0.05) is 31.5 Å². The lowest BCUT2D eigenvalue weighted by Crippen LogP contribution is -2.41.